The van der Waals surface area contributed by atoms with E-state index in [2.05, 4.69) is 31.8 Å². The second kappa shape index (κ2) is 7.60. The summed E-state index contributed by atoms with van der Waals surface area (Å²) >= 11 is 7.76. The lowest BCUT2D eigenvalue weighted by Gasteiger charge is -2.27. The van der Waals surface area contributed by atoms with Crippen LogP contribution in [0.4, 0.5) is 0 Å². The molecule has 1 fully saturated rings. The maximum Gasteiger partial charge on any atom is 0.0931 e. The summed E-state index contributed by atoms with van der Waals surface area (Å²) in [6.45, 7) is 11.4. The third-order valence-corrected chi connectivity index (χ3v) is 5.30. The van der Waals surface area contributed by atoms with Crippen molar-refractivity contribution in [3.05, 3.63) is 33.5 Å². The van der Waals surface area contributed by atoms with Gasteiger partial charge in [0.2, 0.25) is 0 Å². The molecule has 0 radical (unpaired) electrons. The maximum absolute atomic E-state index is 6.09. The van der Waals surface area contributed by atoms with Crippen molar-refractivity contribution in [1.82, 2.24) is 5.32 Å². The minimum atomic E-state index is 0.357. The second-order valence-corrected chi connectivity index (χ2v) is 7.47. The molecule has 0 bridgehead atoms. The lowest BCUT2D eigenvalue weighted by molar-refractivity contribution is 0.0778. The first-order valence-corrected chi connectivity index (χ1v) is 8.52. The van der Waals surface area contributed by atoms with Gasteiger partial charge in [0, 0.05) is 36.6 Å². The molecule has 1 aliphatic heterocycles. The Hall–Kier alpha value is -0.350. The van der Waals surface area contributed by atoms with E-state index in [1.165, 1.54) is 10.5 Å². The van der Waals surface area contributed by atoms with Crippen molar-refractivity contribution < 1.29 is 4.74 Å². The van der Waals surface area contributed by atoms with Crippen LogP contribution in [-0.2, 0) is 4.74 Å². The van der Waals surface area contributed by atoms with E-state index < -0.39 is 0 Å². The van der Waals surface area contributed by atoms with Gasteiger partial charge in [-0.05, 0) is 30.9 Å². The molecule has 2 nitrogen and oxygen atoms in total. The van der Waals surface area contributed by atoms with E-state index in [0.29, 0.717) is 17.9 Å². The summed E-state index contributed by atoms with van der Waals surface area (Å²) in [5.74, 6) is 0.840. The smallest absolute Gasteiger partial charge is 0.0931 e. The molecule has 4 heteroatoms. The summed E-state index contributed by atoms with van der Waals surface area (Å²) in [5, 5.41) is 3.69. The van der Waals surface area contributed by atoms with Crippen molar-refractivity contribution in [3.8, 4) is 0 Å². The summed E-state index contributed by atoms with van der Waals surface area (Å²) in [6, 6.07) is 4.69. The number of halogens is 1. The fourth-order valence-electron chi connectivity index (χ4n) is 2.52. The van der Waals surface area contributed by atoms with Crippen LogP contribution in [0.3, 0.4) is 0 Å². The van der Waals surface area contributed by atoms with Crippen molar-refractivity contribution in [2.24, 2.45) is 5.92 Å². The Kier molecular flexibility index (Phi) is 6.09. The maximum atomic E-state index is 6.09. The van der Waals surface area contributed by atoms with Gasteiger partial charge in [-0.2, -0.15) is 0 Å². The molecule has 0 saturated carbocycles. The number of nitrogens with one attached hydrogen (secondary N) is 1. The fourth-order valence-corrected chi connectivity index (χ4v) is 3.72. The van der Waals surface area contributed by atoms with Crippen LogP contribution >= 0.6 is 22.9 Å². The highest BCUT2D eigenvalue weighted by Crippen LogP contribution is 2.34. The first-order chi connectivity index (χ1) is 9.58. The molecule has 1 aliphatic rings. The first kappa shape index (κ1) is 16.0. The number of hydrogen-bond acceptors (Lipinski definition) is 3. The molecule has 1 N–H and O–H groups in total. The van der Waals surface area contributed by atoms with Crippen LogP contribution in [0, 0.1) is 5.92 Å². The van der Waals surface area contributed by atoms with Gasteiger partial charge >= 0.3 is 0 Å². The summed E-state index contributed by atoms with van der Waals surface area (Å²) in [5.41, 5.74) is 1.28. The zero-order valence-electron chi connectivity index (χ0n) is 12.3. The SMILES string of the molecule is C=C(C(C)C)[C@H](CNC1CCOCC1)c1ccc(Cl)s1. The Labute approximate surface area is 131 Å². The molecule has 2 heterocycles. The van der Waals surface area contributed by atoms with Gasteiger partial charge in [0.25, 0.3) is 0 Å². The zero-order valence-corrected chi connectivity index (χ0v) is 13.9. The highest BCUT2D eigenvalue weighted by atomic mass is 35.5. The van der Waals surface area contributed by atoms with E-state index in [4.69, 9.17) is 16.3 Å². The average molecular weight is 314 g/mol. The molecule has 1 saturated heterocycles. The molecule has 1 aromatic rings. The highest BCUT2D eigenvalue weighted by Gasteiger charge is 2.21. The zero-order chi connectivity index (χ0) is 14.5. The Bertz CT molecular complexity index is 437. The number of rotatable bonds is 6. The van der Waals surface area contributed by atoms with Crippen LogP contribution in [0.25, 0.3) is 0 Å². The van der Waals surface area contributed by atoms with E-state index in [1.807, 2.05) is 6.07 Å². The molecular weight excluding hydrogens is 290 g/mol. The van der Waals surface area contributed by atoms with Gasteiger partial charge in [-0.15, -0.1) is 11.3 Å². The van der Waals surface area contributed by atoms with Gasteiger partial charge in [0.1, 0.15) is 0 Å². The minimum Gasteiger partial charge on any atom is -0.381 e. The predicted molar refractivity (Wildman–Crippen MR) is 87.9 cm³/mol. The summed E-state index contributed by atoms with van der Waals surface area (Å²) in [4.78, 5) is 1.31. The average Bonchev–Trinajstić information content (AvgIpc) is 2.86. The van der Waals surface area contributed by atoms with Gasteiger partial charge < -0.3 is 10.1 Å². The van der Waals surface area contributed by atoms with Crippen LogP contribution < -0.4 is 5.32 Å². The van der Waals surface area contributed by atoms with E-state index in [-0.39, 0.29) is 0 Å². The second-order valence-electron chi connectivity index (χ2n) is 5.72. The highest BCUT2D eigenvalue weighted by molar-refractivity contribution is 7.16. The van der Waals surface area contributed by atoms with Crippen LogP contribution in [0.2, 0.25) is 4.34 Å². The molecule has 0 aromatic carbocycles. The molecule has 2 rings (SSSR count). The topological polar surface area (TPSA) is 21.3 Å². The Balaban J connectivity index is 2.00. The van der Waals surface area contributed by atoms with E-state index in [1.54, 1.807) is 11.3 Å². The van der Waals surface area contributed by atoms with Crippen LogP contribution in [0.1, 0.15) is 37.5 Å². The third kappa shape index (κ3) is 4.32. The molecule has 0 unspecified atom stereocenters. The number of hydrogen-bond donors (Lipinski definition) is 1. The molecule has 20 heavy (non-hydrogen) atoms. The van der Waals surface area contributed by atoms with E-state index >= 15 is 0 Å². The van der Waals surface area contributed by atoms with Gasteiger partial charge in [-0.25, -0.2) is 0 Å². The number of thiophene rings is 1. The molecular formula is C16H24ClNOS. The normalized spacial score (nSPS) is 18.4. The predicted octanol–water partition coefficient (Wildman–Crippen LogP) is 4.47. The molecule has 1 atom stereocenters. The molecule has 1 aromatic heterocycles. The molecule has 0 amide bonds. The summed E-state index contributed by atoms with van der Waals surface area (Å²) in [7, 11) is 0. The van der Waals surface area contributed by atoms with Gasteiger partial charge in [-0.3, -0.25) is 0 Å². The van der Waals surface area contributed by atoms with Crippen LogP contribution in [0.5, 0.6) is 0 Å². The van der Waals surface area contributed by atoms with Gasteiger partial charge in [-0.1, -0.05) is 37.6 Å². The van der Waals surface area contributed by atoms with Crippen molar-refractivity contribution >= 4 is 22.9 Å². The molecule has 0 aliphatic carbocycles. The van der Waals surface area contributed by atoms with Crippen molar-refractivity contribution in [2.45, 2.75) is 38.6 Å². The molecule has 112 valence electrons. The van der Waals surface area contributed by atoms with Gasteiger partial charge in [0.05, 0.1) is 4.34 Å². The Morgan fingerprint density at radius 1 is 1.45 bits per heavy atom. The van der Waals surface area contributed by atoms with Crippen molar-refractivity contribution in [1.29, 1.82) is 0 Å². The minimum absolute atomic E-state index is 0.357. The Morgan fingerprint density at radius 3 is 2.70 bits per heavy atom. The van der Waals surface area contributed by atoms with E-state index in [0.717, 1.165) is 36.9 Å². The molecule has 0 spiro atoms. The third-order valence-electron chi connectivity index (χ3n) is 3.96. The van der Waals surface area contributed by atoms with Crippen LogP contribution in [0.15, 0.2) is 24.3 Å². The number of ether oxygens (including phenoxy) is 1. The quantitative estimate of drug-likeness (QED) is 0.783. The van der Waals surface area contributed by atoms with Crippen LogP contribution in [-0.4, -0.2) is 25.8 Å². The summed E-state index contributed by atoms with van der Waals surface area (Å²) < 4.78 is 6.26. The monoisotopic (exact) mass is 313 g/mol. The first-order valence-electron chi connectivity index (χ1n) is 7.33. The summed E-state index contributed by atoms with van der Waals surface area (Å²) in [6.07, 6.45) is 2.21. The lowest BCUT2D eigenvalue weighted by atomic mass is 9.89. The standard InChI is InChI=1S/C16H24ClNOS/c1-11(2)12(3)14(15-4-5-16(17)20-15)10-18-13-6-8-19-9-7-13/h4-5,11,13-14,18H,3,6-10H2,1-2H3/t14-/m0/s1. The fraction of sp³-hybridized carbons (Fsp3) is 0.625. The van der Waals surface area contributed by atoms with Gasteiger partial charge in [0.15, 0.2) is 0 Å². The van der Waals surface area contributed by atoms with Crippen molar-refractivity contribution in [2.75, 3.05) is 19.8 Å². The van der Waals surface area contributed by atoms with E-state index in [9.17, 15) is 0 Å². The lowest BCUT2D eigenvalue weighted by Crippen LogP contribution is -2.37. The largest absolute Gasteiger partial charge is 0.381 e. The van der Waals surface area contributed by atoms with Crippen molar-refractivity contribution in [3.63, 3.8) is 0 Å². The Morgan fingerprint density at radius 2 is 2.15 bits per heavy atom.